The molecule has 0 radical (unpaired) electrons. The molecule has 2 aliphatic rings. The summed E-state index contributed by atoms with van der Waals surface area (Å²) in [6.07, 6.45) is -1.08. The van der Waals surface area contributed by atoms with Crippen molar-refractivity contribution in [3.05, 3.63) is 69.9 Å². The van der Waals surface area contributed by atoms with Crippen LogP contribution in [0.2, 0.25) is 5.02 Å². The number of fused-ring (bicyclic) bond motifs is 2. The predicted molar refractivity (Wildman–Crippen MR) is 99.2 cm³/mol. The number of nitrogens with one attached hydrogen (secondary N) is 1. The quantitative estimate of drug-likeness (QED) is 0.737. The van der Waals surface area contributed by atoms with Crippen LogP contribution in [-0.4, -0.2) is 34.5 Å². The first-order valence-electron chi connectivity index (χ1n) is 7.91. The third kappa shape index (κ3) is 2.62. The number of halogens is 1. The van der Waals surface area contributed by atoms with Gasteiger partial charge in [0.2, 0.25) is 0 Å². The van der Waals surface area contributed by atoms with Gasteiger partial charge in [-0.05, 0) is 18.6 Å². The van der Waals surface area contributed by atoms with E-state index in [0.29, 0.717) is 23.5 Å². The van der Waals surface area contributed by atoms with Crippen LogP contribution in [0.4, 0.5) is 0 Å². The molecule has 1 unspecified atom stereocenters. The Morgan fingerprint density at radius 1 is 1.16 bits per heavy atom. The third-order valence-electron chi connectivity index (χ3n) is 4.36. The van der Waals surface area contributed by atoms with E-state index in [1.165, 1.54) is 0 Å². The monoisotopic (exact) mass is 353 g/mol. The van der Waals surface area contributed by atoms with E-state index in [4.69, 9.17) is 11.6 Å². The van der Waals surface area contributed by atoms with E-state index in [1.54, 1.807) is 6.07 Å². The highest BCUT2D eigenvalue weighted by atomic mass is 35.5. The smallest absolute Gasteiger partial charge is 0.187 e. The van der Waals surface area contributed by atoms with Gasteiger partial charge in [-0.15, -0.1) is 0 Å². The first-order chi connectivity index (χ1) is 12.1. The molecule has 126 valence electrons. The summed E-state index contributed by atoms with van der Waals surface area (Å²) in [5, 5.41) is 24.7. The van der Waals surface area contributed by atoms with Gasteiger partial charge in [-0.1, -0.05) is 48.0 Å². The highest BCUT2D eigenvalue weighted by molar-refractivity contribution is 6.33. The molecule has 3 N–H and O–H groups in total. The number of benzene rings is 2. The number of amidine groups is 1. The van der Waals surface area contributed by atoms with Crippen molar-refractivity contribution in [3.8, 4) is 5.75 Å². The molecule has 2 aromatic rings. The van der Waals surface area contributed by atoms with Crippen LogP contribution in [0.5, 0.6) is 5.75 Å². The van der Waals surface area contributed by atoms with E-state index in [-0.39, 0.29) is 10.8 Å². The minimum Gasteiger partial charge on any atom is -0.506 e. The maximum atomic E-state index is 10.7. The van der Waals surface area contributed by atoms with Crippen LogP contribution in [0.25, 0.3) is 5.57 Å². The van der Waals surface area contributed by atoms with Gasteiger partial charge in [-0.3, -0.25) is 4.99 Å². The molecule has 0 aromatic heterocycles. The van der Waals surface area contributed by atoms with E-state index in [0.717, 1.165) is 22.5 Å². The lowest BCUT2D eigenvalue weighted by molar-refractivity contribution is 0.217. The standard InChI is InChI=1S/C19H16ClN3O2/c1-10-21-9-13-12-7-8-14(20)18(24)15(12)16(11-5-3-2-4-6-11)23-19(25)17(13)22-10/h2-8,19,24-25H,9H2,1H3,(H,21,22). The summed E-state index contributed by atoms with van der Waals surface area (Å²) in [4.78, 5) is 8.90. The van der Waals surface area contributed by atoms with E-state index < -0.39 is 6.23 Å². The normalized spacial score (nSPS) is 19.2. The minimum atomic E-state index is -1.08. The Labute approximate surface area is 150 Å². The number of nitrogens with zero attached hydrogens (tertiary/aromatic N) is 2. The number of aliphatic imine (C=N–C) groups is 2. The van der Waals surface area contributed by atoms with Crippen LogP contribution in [-0.2, 0) is 0 Å². The third-order valence-corrected chi connectivity index (χ3v) is 4.67. The van der Waals surface area contributed by atoms with Crippen molar-refractivity contribution >= 4 is 28.7 Å². The SMILES string of the molecule is CC1=NCC2=C(N1)C(O)N=C(c1ccccc1)c1c2ccc(Cl)c1O. The summed E-state index contributed by atoms with van der Waals surface area (Å²) < 4.78 is 0. The van der Waals surface area contributed by atoms with E-state index >= 15 is 0 Å². The molecule has 1 atom stereocenters. The number of aliphatic hydroxyl groups excluding tert-OH is 1. The molecular weight excluding hydrogens is 338 g/mol. The fraction of sp³-hybridized carbons (Fsp3) is 0.158. The van der Waals surface area contributed by atoms with E-state index in [1.807, 2.05) is 43.3 Å². The molecule has 0 fully saturated rings. The molecule has 2 aliphatic heterocycles. The van der Waals surface area contributed by atoms with Crippen LogP contribution >= 0.6 is 11.6 Å². The van der Waals surface area contributed by atoms with Crippen molar-refractivity contribution in [2.75, 3.05) is 6.54 Å². The van der Waals surface area contributed by atoms with Gasteiger partial charge in [-0.2, -0.15) is 0 Å². The van der Waals surface area contributed by atoms with Crippen molar-refractivity contribution in [1.82, 2.24) is 5.32 Å². The molecule has 0 amide bonds. The summed E-state index contributed by atoms with van der Waals surface area (Å²) in [6, 6.07) is 12.9. The number of rotatable bonds is 1. The summed E-state index contributed by atoms with van der Waals surface area (Å²) in [5.74, 6) is 0.671. The lowest BCUT2D eigenvalue weighted by Crippen LogP contribution is -2.32. The zero-order chi connectivity index (χ0) is 17.6. The van der Waals surface area contributed by atoms with Crippen molar-refractivity contribution < 1.29 is 10.2 Å². The highest BCUT2D eigenvalue weighted by Crippen LogP contribution is 2.39. The Balaban J connectivity index is 2.02. The van der Waals surface area contributed by atoms with Gasteiger partial charge in [0, 0.05) is 11.1 Å². The molecule has 0 spiro atoms. The lowest BCUT2D eigenvalue weighted by Gasteiger charge is -2.22. The number of phenols is 1. The first-order valence-corrected chi connectivity index (χ1v) is 8.28. The maximum Gasteiger partial charge on any atom is 0.187 e. The molecule has 0 bridgehead atoms. The number of phenolic OH excluding ortho intramolecular Hbond substituents is 1. The van der Waals surface area contributed by atoms with Gasteiger partial charge in [0.05, 0.1) is 34.4 Å². The van der Waals surface area contributed by atoms with Crippen molar-refractivity contribution in [3.63, 3.8) is 0 Å². The molecule has 0 saturated heterocycles. The zero-order valence-corrected chi connectivity index (χ0v) is 14.2. The fourth-order valence-electron chi connectivity index (χ4n) is 3.17. The minimum absolute atomic E-state index is 0.0472. The Bertz CT molecular complexity index is 949. The van der Waals surface area contributed by atoms with Crippen LogP contribution in [0.15, 0.2) is 58.1 Å². The molecule has 0 aliphatic carbocycles. The fourth-order valence-corrected chi connectivity index (χ4v) is 3.32. The molecular formula is C19H16ClN3O2. The Morgan fingerprint density at radius 2 is 1.92 bits per heavy atom. The summed E-state index contributed by atoms with van der Waals surface area (Å²) in [5.41, 5.74) is 3.95. The second kappa shape index (κ2) is 6.02. The predicted octanol–water partition coefficient (Wildman–Crippen LogP) is 2.95. The second-order valence-corrected chi connectivity index (χ2v) is 6.36. The Hall–Kier alpha value is -2.63. The first kappa shape index (κ1) is 15.9. The van der Waals surface area contributed by atoms with Crippen LogP contribution in [0.3, 0.4) is 0 Å². The van der Waals surface area contributed by atoms with Gasteiger partial charge in [-0.25, -0.2) is 4.99 Å². The molecule has 6 heteroatoms. The van der Waals surface area contributed by atoms with Crippen molar-refractivity contribution in [2.45, 2.75) is 13.2 Å². The number of aromatic hydroxyl groups is 1. The molecule has 0 saturated carbocycles. The molecule has 5 nitrogen and oxygen atoms in total. The second-order valence-electron chi connectivity index (χ2n) is 5.95. The molecule has 2 aromatic carbocycles. The summed E-state index contributed by atoms with van der Waals surface area (Å²) >= 11 is 6.16. The number of aliphatic hydroxyl groups is 1. The number of hydrogen-bond donors (Lipinski definition) is 3. The average molecular weight is 354 g/mol. The molecule has 25 heavy (non-hydrogen) atoms. The van der Waals surface area contributed by atoms with Gasteiger partial charge >= 0.3 is 0 Å². The Morgan fingerprint density at radius 3 is 2.68 bits per heavy atom. The highest BCUT2D eigenvalue weighted by Gasteiger charge is 2.30. The van der Waals surface area contributed by atoms with Crippen LogP contribution < -0.4 is 5.32 Å². The summed E-state index contributed by atoms with van der Waals surface area (Å²) in [6.45, 7) is 2.24. The molecule has 4 rings (SSSR count). The van der Waals surface area contributed by atoms with Gasteiger partial charge in [0.25, 0.3) is 0 Å². The lowest BCUT2D eigenvalue weighted by atomic mass is 9.92. The average Bonchev–Trinajstić information content (AvgIpc) is 2.74. The van der Waals surface area contributed by atoms with Gasteiger partial charge in [0.15, 0.2) is 6.23 Å². The zero-order valence-electron chi connectivity index (χ0n) is 13.5. The van der Waals surface area contributed by atoms with Gasteiger partial charge in [0.1, 0.15) is 5.75 Å². The van der Waals surface area contributed by atoms with Crippen molar-refractivity contribution in [1.29, 1.82) is 0 Å². The van der Waals surface area contributed by atoms with Gasteiger partial charge < -0.3 is 15.5 Å². The molecule has 2 heterocycles. The van der Waals surface area contributed by atoms with Crippen molar-refractivity contribution in [2.24, 2.45) is 9.98 Å². The largest absolute Gasteiger partial charge is 0.506 e. The number of hydrogen-bond acceptors (Lipinski definition) is 5. The van der Waals surface area contributed by atoms with Crippen LogP contribution in [0, 0.1) is 0 Å². The van der Waals surface area contributed by atoms with E-state index in [9.17, 15) is 10.2 Å². The van der Waals surface area contributed by atoms with E-state index in [2.05, 4.69) is 15.3 Å². The maximum absolute atomic E-state index is 10.7. The Kier molecular flexibility index (Phi) is 3.82. The topological polar surface area (TPSA) is 77.2 Å². The van der Waals surface area contributed by atoms with Crippen LogP contribution in [0.1, 0.15) is 23.6 Å². The summed E-state index contributed by atoms with van der Waals surface area (Å²) in [7, 11) is 0.